The van der Waals surface area contributed by atoms with Gasteiger partial charge in [0.25, 0.3) is 5.91 Å². The molecule has 0 unspecified atom stereocenters. The van der Waals surface area contributed by atoms with Crippen molar-refractivity contribution in [1.82, 2.24) is 9.80 Å². The van der Waals surface area contributed by atoms with E-state index in [1.54, 1.807) is 47.6 Å². The summed E-state index contributed by atoms with van der Waals surface area (Å²) in [6, 6.07) is 18.8. The number of rotatable bonds is 11. The lowest BCUT2D eigenvalue weighted by molar-refractivity contribution is -0.133. The monoisotopic (exact) mass is 484 g/mol. The van der Waals surface area contributed by atoms with Crippen LogP contribution in [0.1, 0.15) is 32.8 Å². The smallest absolute Gasteiger partial charge is 0.254 e. The molecule has 0 saturated heterocycles. The topological polar surface area (TPSA) is 49.9 Å². The first-order chi connectivity index (χ1) is 16.0. The normalized spacial score (nSPS) is 10.8. The first-order valence-electron chi connectivity index (χ1n) is 10.9. The summed E-state index contributed by atoms with van der Waals surface area (Å²) in [5.74, 6) is -0.312. The Labute approximate surface area is 204 Å². The Kier molecular flexibility index (Phi) is 9.48. The van der Waals surface area contributed by atoms with Crippen LogP contribution in [-0.2, 0) is 22.6 Å². The van der Waals surface area contributed by atoms with E-state index in [0.717, 1.165) is 16.0 Å². The van der Waals surface area contributed by atoms with Crippen molar-refractivity contribution in [3.05, 3.63) is 92.6 Å². The summed E-state index contributed by atoms with van der Waals surface area (Å²) in [4.78, 5) is 31.3. The van der Waals surface area contributed by atoms with Gasteiger partial charge in [-0.15, -0.1) is 11.3 Å². The van der Waals surface area contributed by atoms with Gasteiger partial charge in [-0.2, -0.15) is 0 Å². The Morgan fingerprint density at radius 1 is 1.00 bits per heavy atom. The molecule has 0 bridgehead atoms. The van der Waals surface area contributed by atoms with Gasteiger partial charge in [0.2, 0.25) is 5.91 Å². The van der Waals surface area contributed by atoms with Gasteiger partial charge in [0.1, 0.15) is 6.54 Å². The summed E-state index contributed by atoms with van der Waals surface area (Å²) in [6.45, 7) is 3.96. The van der Waals surface area contributed by atoms with Gasteiger partial charge in [-0.3, -0.25) is 9.59 Å². The molecule has 1 heterocycles. The molecule has 1 aromatic heterocycles. The standard InChI is InChI=1S/C26H29ClN2O3S/c1-20-12-15-33-24(20)18-29(17-21-8-4-3-5-9-21)25(30)19-28(13-7-14-32-2)26(31)22-10-6-11-23(27)16-22/h3-6,8-12,15-16H,7,13-14,17-19H2,1-2H3. The van der Waals surface area contributed by atoms with E-state index in [0.29, 0.717) is 43.2 Å². The molecule has 7 heteroatoms. The van der Waals surface area contributed by atoms with Crippen LogP contribution in [-0.4, -0.2) is 48.4 Å². The summed E-state index contributed by atoms with van der Waals surface area (Å²) in [5, 5.41) is 2.53. The van der Waals surface area contributed by atoms with E-state index < -0.39 is 0 Å². The number of ether oxygens (including phenoxy) is 1. The second kappa shape index (κ2) is 12.5. The average Bonchev–Trinajstić information content (AvgIpc) is 3.22. The molecule has 0 saturated carbocycles. The Bertz CT molecular complexity index is 1050. The van der Waals surface area contributed by atoms with Crippen molar-refractivity contribution in [3.8, 4) is 0 Å². The Hall–Kier alpha value is -2.67. The highest BCUT2D eigenvalue weighted by Crippen LogP contribution is 2.20. The third-order valence-corrected chi connectivity index (χ3v) is 6.58. The summed E-state index contributed by atoms with van der Waals surface area (Å²) in [5.41, 5.74) is 2.68. The van der Waals surface area contributed by atoms with Gasteiger partial charge in [-0.05, 0) is 54.1 Å². The van der Waals surface area contributed by atoms with Gasteiger partial charge in [0, 0.05) is 42.3 Å². The predicted molar refractivity (Wildman–Crippen MR) is 134 cm³/mol. The number of benzene rings is 2. The molecule has 2 aromatic carbocycles. The highest BCUT2D eigenvalue weighted by Gasteiger charge is 2.23. The molecule has 2 amide bonds. The number of nitrogens with zero attached hydrogens (tertiary/aromatic N) is 2. The molecular weight excluding hydrogens is 456 g/mol. The number of aryl methyl sites for hydroxylation is 1. The van der Waals surface area contributed by atoms with Crippen LogP contribution in [0.3, 0.4) is 0 Å². The maximum atomic E-state index is 13.5. The van der Waals surface area contributed by atoms with Crippen LogP contribution in [0.15, 0.2) is 66.0 Å². The number of amides is 2. The van der Waals surface area contributed by atoms with Crippen LogP contribution in [0.4, 0.5) is 0 Å². The molecule has 3 aromatic rings. The number of hydrogen-bond donors (Lipinski definition) is 0. The molecule has 3 rings (SSSR count). The first kappa shape index (κ1) is 25.0. The minimum absolute atomic E-state index is 0.00762. The van der Waals surface area contributed by atoms with Crippen LogP contribution >= 0.6 is 22.9 Å². The average molecular weight is 485 g/mol. The van der Waals surface area contributed by atoms with Crippen LogP contribution in [0.5, 0.6) is 0 Å². The number of methoxy groups -OCH3 is 1. The molecule has 0 aliphatic carbocycles. The zero-order valence-electron chi connectivity index (χ0n) is 19.0. The second-order valence-electron chi connectivity index (χ2n) is 7.85. The lowest BCUT2D eigenvalue weighted by Crippen LogP contribution is -2.43. The maximum absolute atomic E-state index is 13.5. The Morgan fingerprint density at radius 2 is 1.79 bits per heavy atom. The van der Waals surface area contributed by atoms with Gasteiger partial charge in [0.15, 0.2) is 0 Å². The highest BCUT2D eigenvalue weighted by molar-refractivity contribution is 7.10. The molecular formula is C26H29ClN2O3S. The highest BCUT2D eigenvalue weighted by atomic mass is 35.5. The van der Waals surface area contributed by atoms with Crippen molar-refractivity contribution in [1.29, 1.82) is 0 Å². The largest absolute Gasteiger partial charge is 0.385 e. The lowest BCUT2D eigenvalue weighted by Gasteiger charge is -2.28. The molecule has 0 atom stereocenters. The Morgan fingerprint density at radius 3 is 2.45 bits per heavy atom. The zero-order valence-corrected chi connectivity index (χ0v) is 20.6. The second-order valence-corrected chi connectivity index (χ2v) is 9.28. The summed E-state index contributed by atoms with van der Waals surface area (Å²) in [7, 11) is 1.62. The molecule has 0 fully saturated rings. The first-order valence-corrected chi connectivity index (χ1v) is 12.1. The van der Waals surface area contributed by atoms with Crippen molar-refractivity contribution in [2.24, 2.45) is 0 Å². The van der Waals surface area contributed by atoms with Crippen LogP contribution in [0, 0.1) is 6.92 Å². The van der Waals surface area contributed by atoms with E-state index in [9.17, 15) is 9.59 Å². The SMILES string of the molecule is COCCCN(CC(=O)N(Cc1ccccc1)Cc1sccc1C)C(=O)c1cccc(Cl)c1. The van der Waals surface area contributed by atoms with Crippen molar-refractivity contribution < 1.29 is 14.3 Å². The van der Waals surface area contributed by atoms with Crippen LogP contribution in [0.2, 0.25) is 5.02 Å². The third kappa shape index (κ3) is 7.42. The van der Waals surface area contributed by atoms with Crippen molar-refractivity contribution in [2.75, 3.05) is 26.8 Å². The van der Waals surface area contributed by atoms with E-state index in [-0.39, 0.29) is 18.4 Å². The molecule has 0 N–H and O–H groups in total. The minimum Gasteiger partial charge on any atom is -0.385 e. The number of carbonyl (C=O) groups excluding carboxylic acids is 2. The van der Waals surface area contributed by atoms with Crippen molar-refractivity contribution in [3.63, 3.8) is 0 Å². The molecule has 0 aliphatic heterocycles. The predicted octanol–water partition coefficient (Wildman–Crippen LogP) is 5.42. The van der Waals surface area contributed by atoms with E-state index in [4.69, 9.17) is 16.3 Å². The number of hydrogen-bond acceptors (Lipinski definition) is 4. The molecule has 0 spiro atoms. The fourth-order valence-electron chi connectivity index (χ4n) is 3.49. The van der Waals surface area contributed by atoms with Crippen molar-refractivity contribution in [2.45, 2.75) is 26.4 Å². The number of halogens is 1. The number of thiophene rings is 1. The summed E-state index contributed by atoms with van der Waals surface area (Å²) in [6.07, 6.45) is 0.638. The lowest BCUT2D eigenvalue weighted by atomic mass is 10.1. The van der Waals surface area contributed by atoms with E-state index in [2.05, 4.69) is 13.0 Å². The fraction of sp³-hybridized carbons (Fsp3) is 0.308. The number of carbonyl (C=O) groups is 2. The minimum atomic E-state index is -0.214. The molecule has 174 valence electrons. The van der Waals surface area contributed by atoms with Gasteiger partial charge in [0.05, 0.1) is 6.54 Å². The van der Waals surface area contributed by atoms with Gasteiger partial charge >= 0.3 is 0 Å². The van der Waals surface area contributed by atoms with Gasteiger partial charge < -0.3 is 14.5 Å². The maximum Gasteiger partial charge on any atom is 0.254 e. The molecule has 33 heavy (non-hydrogen) atoms. The molecule has 0 aliphatic rings. The Balaban J connectivity index is 1.81. The van der Waals surface area contributed by atoms with Crippen LogP contribution < -0.4 is 0 Å². The van der Waals surface area contributed by atoms with E-state index in [1.807, 2.05) is 40.6 Å². The van der Waals surface area contributed by atoms with Gasteiger partial charge in [-0.25, -0.2) is 0 Å². The quantitative estimate of drug-likeness (QED) is 0.341. The molecule has 5 nitrogen and oxygen atoms in total. The van der Waals surface area contributed by atoms with Crippen molar-refractivity contribution >= 4 is 34.8 Å². The zero-order chi connectivity index (χ0) is 23.6. The van der Waals surface area contributed by atoms with E-state index >= 15 is 0 Å². The summed E-state index contributed by atoms with van der Waals surface area (Å²) < 4.78 is 5.16. The fourth-order valence-corrected chi connectivity index (χ4v) is 4.61. The molecule has 0 radical (unpaired) electrons. The third-order valence-electron chi connectivity index (χ3n) is 5.33. The van der Waals surface area contributed by atoms with Crippen LogP contribution in [0.25, 0.3) is 0 Å². The summed E-state index contributed by atoms with van der Waals surface area (Å²) >= 11 is 7.74. The van der Waals surface area contributed by atoms with E-state index in [1.165, 1.54) is 0 Å². The van der Waals surface area contributed by atoms with Gasteiger partial charge in [-0.1, -0.05) is 48.0 Å².